The van der Waals surface area contributed by atoms with Crippen LogP contribution >= 0.6 is 0 Å². The van der Waals surface area contributed by atoms with Crippen molar-refractivity contribution in [2.45, 2.75) is 25.7 Å². The summed E-state index contributed by atoms with van der Waals surface area (Å²) in [4.78, 5) is 23.1. The normalized spacial score (nSPS) is 16.5. The van der Waals surface area contributed by atoms with Gasteiger partial charge < -0.3 is 4.90 Å². The van der Waals surface area contributed by atoms with E-state index < -0.39 is 16.4 Å². The summed E-state index contributed by atoms with van der Waals surface area (Å²) in [7, 11) is 0. The third kappa shape index (κ3) is 2.47. The number of nitro groups is 1. The molecule has 1 aliphatic rings. The van der Waals surface area contributed by atoms with Gasteiger partial charge in [-0.1, -0.05) is 6.42 Å². The molecule has 0 spiro atoms. The molecule has 0 saturated carbocycles. The van der Waals surface area contributed by atoms with Crippen molar-refractivity contribution in [3.63, 3.8) is 0 Å². The highest BCUT2D eigenvalue weighted by Crippen LogP contribution is 2.25. The summed E-state index contributed by atoms with van der Waals surface area (Å²) in [5.74, 6) is -0.963. The third-order valence-corrected chi connectivity index (χ3v) is 3.01. The quantitative estimate of drug-likeness (QED) is 0.600. The van der Waals surface area contributed by atoms with Crippen LogP contribution in [-0.4, -0.2) is 17.4 Å². The molecule has 0 radical (unpaired) electrons. The Kier molecular flexibility index (Phi) is 3.55. The molecule has 2 rings (SSSR count). The first-order chi connectivity index (χ1) is 8.59. The van der Waals surface area contributed by atoms with E-state index in [-0.39, 0.29) is 5.91 Å². The summed E-state index contributed by atoms with van der Waals surface area (Å²) in [6.07, 6.45) is 3.12. The highest BCUT2D eigenvalue weighted by atomic mass is 19.1. The Balaban J connectivity index is 2.30. The molecule has 1 amide bonds. The fourth-order valence-corrected chi connectivity index (χ4v) is 2.07. The number of halogens is 1. The average Bonchev–Trinajstić information content (AvgIpc) is 2.53. The molecular formula is C12H13FN2O3. The second kappa shape index (κ2) is 5.12. The van der Waals surface area contributed by atoms with Crippen molar-refractivity contribution in [1.29, 1.82) is 0 Å². The second-order valence-corrected chi connectivity index (χ2v) is 4.25. The van der Waals surface area contributed by atoms with Gasteiger partial charge in [-0.05, 0) is 18.9 Å². The van der Waals surface area contributed by atoms with Crippen LogP contribution in [-0.2, 0) is 4.79 Å². The minimum Gasteiger partial charge on any atom is -0.312 e. The maximum Gasteiger partial charge on any atom is 0.304 e. The van der Waals surface area contributed by atoms with Gasteiger partial charge in [0.2, 0.25) is 11.7 Å². The number of hydrogen-bond donors (Lipinski definition) is 0. The highest BCUT2D eigenvalue weighted by Gasteiger charge is 2.21. The van der Waals surface area contributed by atoms with Crippen LogP contribution < -0.4 is 4.90 Å². The molecule has 0 aliphatic carbocycles. The summed E-state index contributed by atoms with van der Waals surface area (Å²) in [5.41, 5.74) is -0.175. The van der Waals surface area contributed by atoms with E-state index in [9.17, 15) is 19.3 Å². The maximum atomic E-state index is 13.5. The molecule has 5 nitrogen and oxygen atoms in total. The van der Waals surface area contributed by atoms with Gasteiger partial charge in [-0.2, -0.15) is 4.39 Å². The van der Waals surface area contributed by atoms with E-state index in [4.69, 9.17) is 0 Å². The molecule has 96 valence electrons. The van der Waals surface area contributed by atoms with Gasteiger partial charge in [-0.3, -0.25) is 14.9 Å². The van der Waals surface area contributed by atoms with E-state index >= 15 is 0 Å². The van der Waals surface area contributed by atoms with Crippen LogP contribution in [0, 0.1) is 15.9 Å². The van der Waals surface area contributed by atoms with Crippen LogP contribution in [0.4, 0.5) is 15.8 Å². The topological polar surface area (TPSA) is 63.5 Å². The van der Waals surface area contributed by atoms with E-state index in [1.165, 1.54) is 11.0 Å². The molecule has 1 heterocycles. The molecule has 1 aromatic rings. The molecule has 1 saturated heterocycles. The first kappa shape index (κ1) is 12.5. The van der Waals surface area contributed by atoms with Crippen LogP contribution in [0.1, 0.15) is 25.7 Å². The Morgan fingerprint density at radius 2 is 2.06 bits per heavy atom. The lowest BCUT2D eigenvalue weighted by Crippen LogP contribution is -2.30. The van der Waals surface area contributed by atoms with Crippen molar-refractivity contribution >= 4 is 17.3 Å². The molecular weight excluding hydrogens is 239 g/mol. The van der Waals surface area contributed by atoms with E-state index in [0.717, 1.165) is 31.4 Å². The fourth-order valence-electron chi connectivity index (χ4n) is 2.07. The Hall–Kier alpha value is -1.98. The Labute approximate surface area is 103 Å². The number of carbonyl (C=O) groups is 1. The smallest absolute Gasteiger partial charge is 0.304 e. The van der Waals surface area contributed by atoms with Gasteiger partial charge in [-0.15, -0.1) is 0 Å². The van der Waals surface area contributed by atoms with Gasteiger partial charge in [0.25, 0.3) is 0 Å². The molecule has 0 unspecified atom stereocenters. The minimum absolute atomic E-state index is 0.0549. The molecule has 6 heteroatoms. The largest absolute Gasteiger partial charge is 0.312 e. The summed E-state index contributed by atoms with van der Waals surface area (Å²) in [6, 6.07) is 3.58. The Morgan fingerprint density at radius 3 is 2.72 bits per heavy atom. The number of rotatable bonds is 2. The average molecular weight is 252 g/mol. The zero-order valence-corrected chi connectivity index (χ0v) is 9.76. The number of nitrogens with zero attached hydrogens (tertiary/aromatic N) is 2. The fraction of sp³-hybridized carbons (Fsp3) is 0.417. The molecule has 0 bridgehead atoms. The zero-order valence-electron chi connectivity index (χ0n) is 9.76. The van der Waals surface area contributed by atoms with Crippen LogP contribution in [0.5, 0.6) is 0 Å². The predicted octanol–water partition coefficient (Wildman–Crippen LogP) is 2.64. The zero-order chi connectivity index (χ0) is 13.1. The van der Waals surface area contributed by atoms with Gasteiger partial charge in [0.15, 0.2) is 0 Å². The van der Waals surface area contributed by atoms with Crippen molar-refractivity contribution in [1.82, 2.24) is 0 Å². The lowest BCUT2D eigenvalue weighted by molar-refractivity contribution is -0.387. The molecule has 18 heavy (non-hydrogen) atoms. The number of hydrogen-bond acceptors (Lipinski definition) is 3. The van der Waals surface area contributed by atoms with E-state index in [1.54, 1.807) is 0 Å². The number of amides is 1. The first-order valence-electron chi connectivity index (χ1n) is 5.84. The van der Waals surface area contributed by atoms with Crippen LogP contribution in [0.3, 0.4) is 0 Å². The molecule has 1 fully saturated rings. The van der Waals surface area contributed by atoms with Crippen molar-refractivity contribution in [2.75, 3.05) is 11.4 Å². The van der Waals surface area contributed by atoms with Gasteiger partial charge in [0.05, 0.1) is 4.92 Å². The van der Waals surface area contributed by atoms with Gasteiger partial charge in [0, 0.05) is 30.8 Å². The van der Waals surface area contributed by atoms with Crippen molar-refractivity contribution < 1.29 is 14.1 Å². The summed E-state index contributed by atoms with van der Waals surface area (Å²) >= 11 is 0. The Bertz CT molecular complexity index is 490. The maximum absolute atomic E-state index is 13.5. The molecule has 0 aromatic heterocycles. The summed E-state index contributed by atoms with van der Waals surface area (Å²) in [6.45, 7) is 0.538. The standard InChI is InChI=1S/C12H13FN2O3/c13-10-8-9(5-6-11(10)15(17)18)14-7-3-1-2-4-12(14)16/h5-6,8H,1-4,7H2. The SMILES string of the molecule is O=C1CCCCCN1c1ccc([N+](=O)[O-])c(F)c1. The van der Waals surface area contributed by atoms with E-state index in [0.29, 0.717) is 18.7 Å². The molecule has 0 atom stereocenters. The number of nitro benzene ring substituents is 1. The summed E-state index contributed by atoms with van der Waals surface area (Å²) < 4.78 is 13.5. The molecule has 1 aromatic carbocycles. The number of anilines is 1. The van der Waals surface area contributed by atoms with Crippen molar-refractivity contribution in [3.05, 3.63) is 34.1 Å². The van der Waals surface area contributed by atoms with Gasteiger partial charge in [-0.25, -0.2) is 0 Å². The molecule has 0 N–H and O–H groups in total. The van der Waals surface area contributed by atoms with Crippen molar-refractivity contribution in [3.8, 4) is 0 Å². The van der Waals surface area contributed by atoms with Crippen LogP contribution in [0.25, 0.3) is 0 Å². The Morgan fingerprint density at radius 1 is 1.28 bits per heavy atom. The third-order valence-electron chi connectivity index (χ3n) is 3.01. The van der Waals surface area contributed by atoms with Gasteiger partial charge >= 0.3 is 5.69 Å². The first-order valence-corrected chi connectivity index (χ1v) is 5.84. The second-order valence-electron chi connectivity index (χ2n) is 4.25. The lowest BCUT2D eigenvalue weighted by atomic mass is 10.2. The van der Waals surface area contributed by atoms with Crippen LogP contribution in [0.2, 0.25) is 0 Å². The minimum atomic E-state index is -0.908. The van der Waals surface area contributed by atoms with Crippen LogP contribution in [0.15, 0.2) is 18.2 Å². The van der Waals surface area contributed by atoms with E-state index in [1.807, 2.05) is 0 Å². The van der Waals surface area contributed by atoms with Crippen molar-refractivity contribution in [2.24, 2.45) is 0 Å². The highest BCUT2D eigenvalue weighted by molar-refractivity contribution is 5.93. The lowest BCUT2D eigenvalue weighted by Gasteiger charge is -2.20. The molecule has 1 aliphatic heterocycles. The number of benzene rings is 1. The van der Waals surface area contributed by atoms with E-state index in [2.05, 4.69) is 0 Å². The number of carbonyl (C=O) groups excluding carboxylic acids is 1. The monoisotopic (exact) mass is 252 g/mol. The van der Waals surface area contributed by atoms with Gasteiger partial charge in [0.1, 0.15) is 0 Å². The summed E-state index contributed by atoms with van der Waals surface area (Å²) in [5, 5.41) is 10.5. The predicted molar refractivity (Wildman–Crippen MR) is 63.9 cm³/mol.